The van der Waals surface area contributed by atoms with Gasteiger partial charge in [-0.1, -0.05) is 0 Å². The van der Waals surface area contributed by atoms with Gasteiger partial charge in [0.1, 0.15) is 11.6 Å². The van der Waals surface area contributed by atoms with Gasteiger partial charge in [0, 0.05) is 20.2 Å². The number of carbonyl (C=O) groups is 2. The van der Waals surface area contributed by atoms with Crippen molar-refractivity contribution in [2.75, 3.05) is 26.8 Å². The van der Waals surface area contributed by atoms with E-state index in [2.05, 4.69) is 5.32 Å². The molecule has 1 aliphatic rings. The summed E-state index contributed by atoms with van der Waals surface area (Å²) in [6.45, 7) is 4.52. The first kappa shape index (κ1) is 16.1. The Hall–Kier alpha value is -0.850. The number of nitrogens with one attached hydrogen (secondary N) is 1. The second-order valence-electron chi connectivity index (χ2n) is 4.37. The van der Waals surface area contributed by atoms with Crippen LogP contribution in [0.15, 0.2) is 0 Å². The van der Waals surface area contributed by atoms with E-state index in [1.807, 2.05) is 0 Å². The molecule has 1 unspecified atom stereocenters. The summed E-state index contributed by atoms with van der Waals surface area (Å²) < 4.78 is 4.84. The maximum atomic E-state index is 12.0. The van der Waals surface area contributed by atoms with Crippen molar-refractivity contribution in [2.24, 2.45) is 5.73 Å². The highest BCUT2D eigenvalue weighted by molar-refractivity contribution is 5.93. The van der Waals surface area contributed by atoms with Gasteiger partial charge in [0.25, 0.3) is 0 Å². The second-order valence-corrected chi connectivity index (χ2v) is 4.37. The summed E-state index contributed by atoms with van der Waals surface area (Å²) in [6.07, 6.45) is 0. The van der Waals surface area contributed by atoms with E-state index in [0.717, 1.165) is 0 Å². The molecule has 0 radical (unpaired) electrons. The average Bonchev–Trinajstić information content (AvgIpc) is 2.21. The highest BCUT2D eigenvalue weighted by Gasteiger charge is 2.41. The quantitative estimate of drug-likeness (QED) is 0.694. The molecule has 1 fully saturated rings. The van der Waals surface area contributed by atoms with E-state index in [9.17, 15) is 9.59 Å². The molecule has 3 N–H and O–H groups in total. The number of piperazine rings is 1. The zero-order valence-corrected chi connectivity index (χ0v) is 11.2. The summed E-state index contributed by atoms with van der Waals surface area (Å²) in [5.41, 5.74) is 4.83. The van der Waals surface area contributed by atoms with E-state index in [1.165, 1.54) is 12.0 Å². The SMILES string of the molecule is COCC(N)C(=O)N1CCNC(=O)C1(C)C.Cl. The number of carbonyl (C=O) groups excluding carboxylic acids is 2. The van der Waals surface area contributed by atoms with Gasteiger partial charge in [-0.25, -0.2) is 0 Å². The zero-order valence-electron chi connectivity index (χ0n) is 10.4. The van der Waals surface area contributed by atoms with Crippen molar-refractivity contribution in [1.29, 1.82) is 0 Å². The molecule has 1 atom stereocenters. The van der Waals surface area contributed by atoms with Crippen molar-refractivity contribution in [3.63, 3.8) is 0 Å². The molecular formula is C10H20ClN3O3. The molecule has 1 rings (SSSR count). The molecule has 1 saturated heterocycles. The number of rotatable bonds is 3. The standard InChI is InChI=1S/C10H19N3O3.ClH/c1-10(2)9(15)12-4-5-13(10)8(14)7(11)6-16-3;/h7H,4-6,11H2,1-3H3,(H,12,15);1H. The molecule has 17 heavy (non-hydrogen) atoms. The van der Waals surface area contributed by atoms with Gasteiger partial charge in [-0.2, -0.15) is 0 Å². The monoisotopic (exact) mass is 265 g/mol. The van der Waals surface area contributed by atoms with Gasteiger partial charge in [-0.15, -0.1) is 12.4 Å². The van der Waals surface area contributed by atoms with Crippen LogP contribution in [0, 0.1) is 0 Å². The van der Waals surface area contributed by atoms with Crippen molar-refractivity contribution in [3.05, 3.63) is 0 Å². The predicted octanol–water partition coefficient (Wildman–Crippen LogP) is -0.881. The van der Waals surface area contributed by atoms with E-state index in [4.69, 9.17) is 10.5 Å². The number of ether oxygens (including phenoxy) is 1. The van der Waals surface area contributed by atoms with Crippen LogP contribution in [-0.2, 0) is 14.3 Å². The lowest BCUT2D eigenvalue weighted by atomic mass is 9.98. The third-order valence-corrected chi connectivity index (χ3v) is 2.78. The Labute approximate surface area is 107 Å². The Kier molecular flexibility index (Phi) is 5.87. The molecule has 2 amide bonds. The minimum Gasteiger partial charge on any atom is -0.383 e. The van der Waals surface area contributed by atoms with Crippen LogP contribution in [0.1, 0.15) is 13.8 Å². The molecule has 1 heterocycles. The van der Waals surface area contributed by atoms with Crippen LogP contribution in [0.3, 0.4) is 0 Å². The highest BCUT2D eigenvalue weighted by atomic mass is 35.5. The Morgan fingerprint density at radius 1 is 1.65 bits per heavy atom. The van der Waals surface area contributed by atoms with Crippen LogP contribution >= 0.6 is 12.4 Å². The van der Waals surface area contributed by atoms with E-state index >= 15 is 0 Å². The number of nitrogens with two attached hydrogens (primary N) is 1. The van der Waals surface area contributed by atoms with E-state index in [1.54, 1.807) is 13.8 Å². The molecule has 0 aromatic heterocycles. The minimum absolute atomic E-state index is 0. The molecule has 0 aromatic rings. The lowest BCUT2D eigenvalue weighted by Crippen LogP contribution is -2.66. The van der Waals surface area contributed by atoms with Crippen LogP contribution in [0.5, 0.6) is 0 Å². The Bertz CT molecular complexity index is 297. The molecule has 0 saturated carbocycles. The number of hydrogen-bond acceptors (Lipinski definition) is 4. The number of methoxy groups -OCH3 is 1. The molecule has 6 nitrogen and oxygen atoms in total. The van der Waals surface area contributed by atoms with Gasteiger partial charge in [0.05, 0.1) is 6.61 Å². The fourth-order valence-corrected chi connectivity index (χ4v) is 1.74. The molecule has 0 spiro atoms. The van der Waals surface area contributed by atoms with Crippen molar-refractivity contribution >= 4 is 24.2 Å². The lowest BCUT2D eigenvalue weighted by Gasteiger charge is -2.42. The lowest BCUT2D eigenvalue weighted by molar-refractivity contribution is -0.150. The summed E-state index contributed by atoms with van der Waals surface area (Å²) in [5, 5.41) is 2.72. The van der Waals surface area contributed by atoms with Crippen molar-refractivity contribution in [3.8, 4) is 0 Å². The first-order valence-corrected chi connectivity index (χ1v) is 5.25. The van der Waals surface area contributed by atoms with Gasteiger partial charge in [0.15, 0.2) is 0 Å². The van der Waals surface area contributed by atoms with E-state index in [0.29, 0.717) is 13.1 Å². The van der Waals surface area contributed by atoms with Crippen LogP contribution in [0.25, 0.3) is 0 Å². The third kappa shape index (κ3) is 3.31. The largest absolute Gasteiger partial charge is 0.383 e. The average molecular weight is 266 g/mol. The van der Waals surface area contributed by atoms with Crippen molar-refractivity contribution in [2.45, 2.75) is 25.4 Å². The second kappa shape index (κ2) is 6.18. The summed E-state index contributed by atoms with van der Waals surface area (Å²) in [6, 6.07) is -0.713. The van der Waals surface area contributed by atoms with Crippen LogP contribution in [0.2, 0.25) is 0 Å². The summed E-state index contributed by atoms with van der Waals surface area (Å²) in [5.74, 6) is -0.404. The topological polar surface area (TPSA) is 84.7 Å². The number of halogens is 1. The molecule has 100 valence electrons. The third-order valence-electron chi connectivity index (χ3n) is 2.78. The summed E-state index contributed by atoms with van der Waals surface area (Å²) >= 11 is 0. The van der Waals surface area contributed by atoms with Crippen LogP contribution in [0.4, 0.5) is 0 Å². The molecule has 0 aromatic carbocycles. The highest BCUT2D eigenvalue weighted by Crippen LogP contribution is 2.18. The fraction of sp³-hybridized carbons (Fsp3) is 0.800. The Morgan fingerprint density at radius 2 is 2.24 bits per heavy atom. The summed E-state index contributed by atoms with van der Waals surface area (Å²) in [7, 11) is 1.49. The number of hydrogen-bond donors (Lipinski definition) is 2. The first-order chi connectivity index (χ1) is 7.41. The molecule has 0 aliphatic carbocycles. The molecule has 0 bridgehead atoms. The normalized spacial score (nSPS) is 20.2. The predicted molar refractivity (Wildman–Crippen MR) is 65.9 cm³/mol. The zero-order chi connectivity index (χ0) is 12.3. The number of amides is 2. The fourth-order valence-electron chi connectivity index (χ4n) is 1.74. The van der Waals surface area contributed by atoms with Gasteiger partial charge < -0.3 is 20.7 Å². The van der Waals surface area contributed by atoms with Crippen molar-refractivity contribution < 1.29 is 14.3 Å². The van der Waals surface area contributed by atoms with E-state index < -0.39 is 11.6 Å². The van der Waals surface area contributed by atoms with Crippen LogP contribution < -0.4 is 11.1 Å². The first-order valence-electron chi connectivity index (χ1n) is 5.25. The van der Waals surface area contributed by atoms with Gasteiger partial charge in [0.2, 0.25) is 11.8 Å². The minimum atomic E-state index is -0.847. The smallest absolute Gasteiger partial charge is 0.245 e. The van der Waals surface area contributed by atoms with Gasteiger partial charge in [-0.05, 0) is 13.8 Å². The Morgan fingerprint density at radius 3 is 2.76 bits per heavy atom. The maximum absolute atomic E-state index is 12.0. The molecular weight excluding hydrogens is 246 g/mol. The maximum Gasteiger partial charge on any atom is 0.245 e. The van der Waals surface area contributed by atoms with Crippen molar-refractivity contribution in [1.82, 2.24) is 10.2 Å². The van der Waals surface area contributed by atoms with E-state index in [-0.39, 0.29) is 30.8 Å². The van der Waals surface area contributed by atoms with Gasteiger partial charge >= 0.3 is 0 Å². The van der Waals surface area contributed by atoms with Gasteiger partial charge in [-0.3, -0.25) is 9.59 Å². The Balaban J connectivity index is 0.00000256. The summed E-state index contributed by atoms with van der Waals surface area (Å²) in [4.78, 5) is 25.1. The molecule has 7 heteroatoms. The number of nitrogens with zero attached hydrogens (tertiary/aromatic N) is 1. The van der Waals surface area contributed by atoms with Crippen LogP contribution in [-0.4, -0.2) is 55.1 Å². The molecule has 1 aliphatic heterocycles.